The highest BCUT2D eigenvalue weighted by Crippen LogP contribution is 2.25. The monoisotopic (exact) mass is 494 g/mol. The Morgan fingerprint density at radius 1 is 0.861 bits per heavy atom. The molecule has 4 rings (SSSR count). The molecule has 8 nitrogen and oxygen atoms in total. The number of aromatic hydroxyl groups is 2. The lowest BCUT2D eigenvalue weighted by Gasteiger charge is -2.18. The molecule has 0 aliphatic carbocycles. The van der Waals surface area contributed by atoms with Gasteiger partial charge in [0, 0.05) is 47.2 Å². The van der Waals surface area contributed by atoms with Crippen LogP contribution in [0.3, 0.4) is 0 Å². The van der Waals surface area contributed by atoms with Crippen molar-refractivity contribution in [1.82, 2.24) is 20.6 Å². The Labute approximate surface area is 207 Å². The molecule has 0 aliphatic heterocycles. The topological polar surface area (TPSA) is 130 Å². The maximum Gasteiger partial charge on any atom is 0.242 e. The second-order valence-electron chi connectivity index (χ2n) is 8.98. The first-order valence-electron chi connectivity index (χ1n) is 12.2. The van der Waals surface area contributed by atoms with Crippen LogP contribution in [0.25, 0.3) is 21.8 Å². The molecular formula is C27H31FN4O4. The first-order chi connectivity index (χ1) is 17.4. The number of benzene rings is 2. The van der Waals surface area contributed by atoms with Gasteiger partial charge in [-0.3, -0.25) is 14.0 Å². The Hall–Kier alpha value is -4.01. The van der Waals surface area contributed by atoms with Crippen LogP contribution in [0.5, 0.6) is 11.5 Å². The van der Waals surface area contributed by atoms with Gasteiger partial charge in [-0.1, -0.05) is 12.8 Å². The van der Waals surface area contributed by atoms with Crippen molar-refractivity contribution in [3.8, 4) is 11.5 Å². The van der Waals surface area contributed by atoms with E-state index in [1.165, 1.54) is 0 Å². The fourth-order valence-electron chi connectivity index (χ4n) is 4.40. The lowest BCUT2D eigenvalue weighted by Crippen LogP contribution is -2.48. The molecule has 0 saturated heterocycles. The molecular weight excluding hydrogens is 463 g/mol. The molecule has 0 fully saturated rings. The van der Waals surface area contributed by atoms with E-state index in [2.05, 4.69) is 20.6 Å². The number of phenols is 2. The minimum Gasteiger partial charge on any atom is -0.508 e. The first-order valence-corrected chi connectivity index (χ1v) is 12.2. The number of aromatic nitrogens is 2. The van der Waals surface area contributed by atoms with E-state index in [0.29, 0.717) is 18.5 Å². The van der Waals surface area contributed by atoms with Gasteiger partial charge in [0.05, 0.1) is 13.1 Å². The maximum atomic E-state index is 13.1. The van der Waals surface area contributed by atoms with Crippen molar-refractivity contribution in [2.45, 2.75) is 44.6 Å². The van der Waals surface area contributed by atoms with Gasteiger partial charge < -0.3 is 30.8 Å². The second kappa shape index (κ2) is 11.6. The van der Waals surface area contributed by atoms with E-state index < -0.39 is 6.04 Å². The number of nitrogens with one attached hydrogen (secondary N) is 4. The summed E-state index contributed by atoms with van der Waals surface area (Å²) >= 11 is 0. The summed E-state index contributed by atoms with van der Waals surface area (Å²) in [6.07, 6.45) is 6.59. The molecule has 2 heterocycles. The summed E-state index contributed by atoms with van der Waals surface area (Å²) in [6, 6.07) is 9.04. The second-order valence-corrected chi connectivity index (χ2v) is 8.98. The highest BCUT2D eigenvalue weighted by Gasteiger charge is 2.23. The third-order valence-corrected chi connectivity index (χ3v) is 6.29. The van der Waals surface area contributed by atoms with E-state index in [9.17, 15) is 24.2 Å². The zero-order valence-electron chi connectivity index (χ0n) is 19.9. The molecule has 1 atom stereocenters. The number of phenolic OH excluding ortho intramolecular Hbond substituents is 2. The van der Waals surface area contributed by atoms with Crippen molar-refractivity contribution < 1.29 is 24.2 Å². The summed E-state index contributed by atoms with van der Waals surface area (Å²) in [5.74, 6) is -0.413. The van der Waals surface area contributed by atoms with Crippen LogP contribution in [0.2, 0.25) is 0 Å². The predicted molar refractivity (Wildman–Crippen MR) is 137 cm³/mol. The molecule has 9 heteroatoms. The predicted octanol–water partition coefficient (Wildman–Crippen LogP) is 3.98. The number of amides is 2. The highest BCUT2D eigenvalue weighted by molar-refractivity contribution is 5.93. The van der Waals surface area contributed by atoms with E-state index >= 15 is 0 Å². The van der Waals surface area contributed by atoms with Crippen LogP contribution in [0.4, 0.5) is 4.39 Å². The van der Waals surface area contributed by atoms with Gasteiger partial charge in [0.15, 0.2) is 0 Å². The summed E-state index contributed by atoms with van der Waals surface area (Å²) in [5.41, 5.74) is 3.12. The minimum atomic E-state index is -0.830. The number of unbranched alkanes of at least 4 members (excludes halogenated alkanes) is 3. The maximum absolute atomic E-state index is 13.1. The Balaban J connectivity index is 1.47. The smallest absolute Gasteiger partial charge is 0.242 e. The van der Waals surface area contributed by atoms with E-state index in [-0.39, 0.29) is 42.8 Å². The zero-order valence-corrected chi connectivity index (χ0v) is 19.9. The van der Waals surface area contributed by atoms with Gasteiger partial charge in [0.2, 0.25) is 11.8 Å². The molecule has 190 valence electrons. The quantitative estimate of drug-likeness (QED) is 0.166. The molecule has 6 N–H and O–H groups in total. The molecule has 0 unspecified atom stereocenters. The summed E-state index contributed by atoms with van der Waals surface area (Å²) in [4.78, 5) is 32.3. The number of hydrogen-bond acceptors (Lipinski definition) is 4. The van der Waals surface area contributed by atoms with Gasteiger partial charge >= 0.3 is 0 Å². The summed E-state index contributed by atoms with van der Waals surface area (Å²) in [6.45, 7) is 0.102. The summed E-state index contributed by atoms with van der Waals surface area (Å²) in [5, 5.41) is 27.0. The Morgan fingerprint density at radius 2 is 1.47 bits per heavy atom. The average Bonchev–Trinajstić information content (AvgIpc) is 3.44. The van der Waals surface area contributed by atoms with Crippen LogP contribution < -0.4 is 10.6 Å². The SMILES string of the molecule is O=C(Cc1c[nH]c2ccc(O)cc12)N[C@@H](Cc1c[nH]c2ccc(O)cc12)C(=O)NCCCCCCF. The summed E-state index contributed by atoms with van der Waals surface area (Å²) in [7, 11) is 0. The van der Waals surface area contributed by atoms with Crippen molar-refractivity contribution in [2.24, 2.45) is 0 Å². The lowest BCUT2D eigenvalue weighted by atomic mass is 10.0. The molecule has 0 radical (unpaired) electrons. The van der Waals surface area contributed by atoms with E-state index in [1.54, 1.807) is 48.8 Å². The zero-order chi connectivity index (χ0) is 25.5. The van der Waals surface area contributed by atoms with Crippen LogP contribution in [0.1, 0.15) is 36.8 Å². The fourth-order valence-corrected chi connectivity index (χ4v) is 4.40. The third kappa shape index (κ3) is 6.16. The van der Waals surface area contributed by atoms with Crippen molar-refractivity contribution in [2.75, 3.05) is 13.2 Å². The normalized spacial score (nSPS) is 12.1. The van der Waals surface area contributed by atoms with E-state index in [4.69, 9.17) is 0 Å². The standard InChI is InChI=1S/C27H31FN4O4/c28-9-3-1-2-4-10-29-27(36)25(11-17-15-30-23-7-5-19(33)13-21(17)23)32-26(35)12-18-16-31-24-8-6-20(34)14-22(18)24/h5-8,13-16,25,30-31,33-34H,1-4,9-12H2,(H,29,36)(H,32,35)/t25-/m0/s1. The number of H-pyrrole nitrogens is 2. The molecule has 2 aromatic carbocycles. The number of aromatic amines is 2. The van der Waals surface area contributed by atoms with Gasteiger partial charge in [0.25, 0.3) is 0 Å². The Kier molecular flexibility index (Phi) is 8.10. The number of carbonyl (C=O) groups is 2. The Bertz CT molecular complexity index is 1350. The van der Waals surface area contributed by atoms with Crippen molar-refractivity contribution >= 4 is 33.6 Å². The van der Waals surface area contributed by atoms with Crippen LogP contribution >= 0.6 is 0 Å². The number of fused-ring (bicyclic) bond motifs is 2. The number of halogens is 1. The van der Waals surface area contributed by atoms with Crippen molar-refractivity contribution in [3.63, 3.8) is 0 Å². The highest BCUT2D eigenvalue weighted by atomic mass is 19.1. The molecule has 36 heavy (non-hydrogen) atoms. The number of alkyl halides is 1. The van der Waals surface area contributed by atoms with Gasteiger partial charge in [-0.2, -0.15) is 0 Å². The molecule has 2 amide bonds. The largest absolute Gasteiger partial charge is 0.508 e. The average molecular weight is 495 g/mol. The van der Waals surface area contributed by atoms with E-state index in [0.717, 1.165) is 46.6 Å². The number of hydrogen-bond donors (Lipinski definition) is 6. The van der Waals surface area contributed by atoms with Gasteiger partial charge in [-0.05, 0) is 60.4 Å². The molecule has 0 aliphatic rings. The third-order valence-electron chi connectivity index (χ3n) is 6.29. The van der Waals surface area contributed by atoms with Crippen LogP contribution in [0, 0.1) is 0 Å². The van der Waals surface area contributed by atoms with Crippen LogP contribution in [0.15, 0.2) is 48.8 Å². The lowest BCUT2D eigenvalue weighted by molar-refractivity contribution is -0.128. The van der Waals surface area contributed by atoms with E-state index in [1.807, 2.05) is 0 Å². The van der Waals surface area contributed by atoms with Crippen molar-refractivity contribution in [3.05, 3.63) is 59.9 Å². The van der Waals surface area contributed by atoms with Gasteiger partial charge in [-0.15, -0.1) is 0 Å². The molecule has 2 aromatic heterocycles. The summed E-state index contributed by atoms with van der Waals surface area (Å²) < 4.78 is 12.3. The molecule has 0 bridgehead atoms. The minimum absolute atomic E-state index is 0.0329. The molecule has 0 spiro atoms. The van der Waals surface area contributed by atoms with Crippen LogP contribution in [-0.4, -0.2) is 51.3 Å². The number of carbonyl (C=O) groups excluding carboxylic acids is 2. The fraction of sp³-hybridized carbons (Fsp3) is 0.333. The van der Waals surface area contributed by atoms with Gasteiger partial charge in [-0.25, -0.2) is 0 Å². The molecule has 0 saturated carbocycles. The first kappa shape index (κ1) is 25.1. The number of rotatable bonds is 12. The molecule has 4 aromatic rings. The van der Waals surface area contributed by atoms with Gasteiger partial charge in [0.1, 0.15) is 17.5 Å². The Morgan fingerprint density at radius 3 is 2.14 bits per heavy atom. The van der Waals surface area contributed by atoms with Crippen LogP contribution in [-0.2, 0) is 22.4 Å². The van der Waals surface area contributed by atoms with Crippen molar-refractivity contribution in [1.29, 1.82) is 0 Å².